The maximum absolute atomic E-state index is 14.5. The van der Waals surface area contributed by atoms with E-state index >= 15 is 0 Å². The Hall–Kier alpha value is -2.67. The maximum Gasteiger partial charge on any atom is 0.217 e. The summed E-state index contributed by atoms with van der Waals surface area (Å²) in [5.74, 6) is 0.286. The number of hydrogen-bond acceptors (Lipinski definition) is 5. The minimum Gasteiger partial charge on any atom is -0.474 e. The summed E-state index contributed by atoms with van der Waals surface area (Å²) in [7, 11) is 0. The largest absolute Gasteiger partial charge is 0.474 e. The number of aromatic nitrogens is 3. The van der Waals surface area contributed by atoms with Gasteiger partial charge in [-0.15, -0.1) is 0 Å². The highest BCUT2D eigenvalue weighted by atomic mass is 19.1. The van der Waals surface area contributed by atoms with Crippen LogP contribution in [0.25, 0.3) is 16.8 Å². The Morgan fingerprint density at radius 1 is 1.12 bits per heavy atom. The molecule has 1 aromatic carbocycles. The van der Waals surface area contributed by atoms with Crippen LogP contribution in [0.2, 0.25) is 0 Å². The summed E-state index contributed by atoms with van der Waals surface area (Å²) in [6, 6.07) is 6.92. The van der Waals surface area contributed by atoms with Crippen molar-refractivity contribution in [1.82, 2.24) is 19.5 Å². The van der Waals surface area contributed by atoms with Gasteiger partial charge >= 0.3 is 0 Å². The SMILES string of the molecule is Fc1ccc2cc1-c1cnn3ccc(nc13)OC1CCN(CCN2)CC1. The zero-order valence-corrected chi connectivity index (χ0v) is 14.4. The van der Waals surface area contributed by atoms with Crippen molar-refractivity contribution < 1.29 is 9.13 Å². The first-order valence-corrected chi connectivity index (χ1v) is 9.03. The van der Waals surface area contributed by atoms with Crippen molar-refractivity contribution in [1.29, 1.82) is 0 Å². The zero-order valence-electron chi connectivity index (χ0n) is 14.4. The summed E-state index contributed by atoms with van der Waals surface area (Å²) in [6.45, 7) is 3.82. The first kappa shape index (κ1) is 15.6. The summed E-state index contributed by atoms with van der Waals surface area (Å²) in [5, 5.41) is 7.72. The molecule has 3 aliphatic heterocycles. The van der Waals surface area contributed by atoms with Crippen LogP contribution in [0.3, 0.4) is 0 Å². The van der Waals surface area contributed by atoms with Crippen molar-refractivity contribution in [3.05, 3.63) is 42.5 Å². The highest BCUT2D eigenvalue weighted by molar-refractivity contribution is 5.79. The Morgan fingerprint density at radius 3 is 2.88 bits per heavy atom. The molecule has 0 radical (unpaired) electrons. The number of nitrogens with one attached hydrogen (secondary N) is 1. The summed E-state index contributed by atoms with van der Waals surface area (Å²) in [6.07, 6.45) is 5.62. The first-order valence-electron chi connectivity index (χ1n) is 9.03. The smallest absolute Gasteiger partial charge is 0.217 e. The van der Waals surface area contributed by atoms with E-state index < -0.39 is 0 Å². The van der Waals surface area contributed by atoms with E-state index in [0.717, 1.165) is 44.7 Å². The predicted molar refractivity (Wildman–Crippen MR) is 97.0 cm³/mol. The fourth-order valence-corrected chi connectivity index (χ4v) is 3.73. The summed E-state index contributed by atoms with van der Waals surface area (Å²) < 4.78 is 22.3. The quantitative estimate of drug-likeness (QED) is 0.674. The molecule has 2 aromatic heterocycles. The van der Waals surface area contributed by atoms with Crippen LogP contribution < -0.4 is 10.1 Å². The molecule has 3 aliphatic rings. The summed E-state index contributed by atoms with van der Waals surface area (Å²) >= 11 is 0. The van der Waals surface area contributed by atoms with Crippen LogP contribution in [0.4, 0.5) is 10.1 Å². The molecule has 6 rings (SSSR count). The number of halogens is 1. The number of nitrogens with zero attached hydrogens (tertiary/aromatic N) is 4. The highest BCUT2D eigenvalue weighted by Gasteiger charge is 2.22. The zero-order chi connectivity index (χ0) is 17.5. The van der Waals surface area contributed by atoms with E-state index in [4.69, 9.17) is 4.74 Å². The summed E-state index contributed by atoms with van der Waals surface area (Å²) in [5.41, 5.74) is 2.66. The van der Waals surface area contributed by atoms with Gasteiger partial charge in [0.05, 0.1) is 6.20 Å². The lowest BCUT2D eigenvalue weighted by atomic mass is 10.1. The van der Waals surface area contributed by atoms with Gasteiger partial charge in [-0.3, -0.25) is 0 Å². The Morgan fingerprint density at radius 2 is 2.00 bits per heavy atom. The molecule has 5 heterocycles. The Bertz CT molecular complexity index is 948. The Kier molecular flexibility index (Phi) is 3.74. The van der Waals surface area contributed by atoms with Crippen molar-refractivity contribution in [3.8, 4) is 17.0 Å². The molecule has 0 spiro atoms. The molecule has 0 saturated carbocycles. The Balaban J connectivity index is 1.64. The van der Waals surface area contributed by atoms with Crippen LogP contribution in [-0.2, 0) is 0 Å². The molecular weight excluding hydrogens is 333 g/mol. The number of anilines is 1. The lowest BCUT2D eigenvalue weighted by molar-refractivity contribution is 0.0991. The van der Waals surface area contributed by atoms with Crippen molar-refractivity contribution in [2.75, 3.05) is 31.5 Å². The fraction of sp³-hybridized carbons (Fsp3) is 0.368. The van der Waals surface area contributed by atoms with E-state index in [9.17, 15) is 4.39 Å². The average molecular weight is 353 g/mol. The van der Waals surface area contributed by atoms with Crippen molar-refractivity contribution in [2.45, 2.75) is 18.9 Å². The van der Waals surface area contributed by atoms with E-state index in [1.807, 2.05) is 18.3 Å². The third-order valence-electron chi connectivity index (χ3n) is 5.18. The standard InChI is InChI=1S/C19H20FN5O/c20-17-2-1-13-11-15(17)16-12-22-25-9-5-18(23-19(16)25)26-14-3-7-24(8-4-14)10-6-21-13/h1-2,5,9,11-12,14,21H,3-4,6-8,10H2. The third kappa shape index (κ3) is 2.78. The van der Waals surface area contributed by atoms with E-state index in [-0.39, 0.29) is 11.9 Å². The van der Waals surface area contributed by atoms with Crippen LogP contribution in [0.5, 0.6) is 5.88 Å². The number of fused-ring (bicyclic) bond motifs is 4. The van der Waals surface area contributed by atoms with E-state index in [1.54, 1.807) is 16.8 Å². The van der Waals surface area contributed by atoms with Crippen LogP contribution in [0.1, 0.15) is 12.8 Å². The van der Waals surface area contributed by atoms with Crippen LogP contribution >= 0.6 is 0 Å². The highest BCUT2D eigenvalue weighted by Crippen LogP contribution is 2.30. The van der Waals surface area contributed by atoms with E-state index in [2.05, 4.69) is 20.3 Å². The van der Waals surface area contributed by atoms with Crippen LogP contribution in [0, 0.1) is 5.82 Å². The van der Waals surface area contributed by atoms with Gasteiger partial charge in [0, 0.05) is 55.3 Å². The van der Waals surface area contributed by atoms with Gasteiger partial charge in [0.15, 0.2) is 5.65 Å². The Labute approximate surface area is 150 Å². The molecule has 0 atom stereocenters. The van der Waals surface area contributed by atoms with Gasteiger partial charge in [-0.25, -0.2) is 8.91 Å². The molecule has 1 fully saturated rings. The molecule has 134 valence electrons. The minimum atomic E-state index is -0.285. The second-order valence-corrected chi connectivity index (χ2v) is 6.87. The molecule has 1 saturated heterocycles. The van der Waals surface area contributed by atoms with Crippen LogP contribution in [-0.4, -0.2) is 51.8 Å². The second kappa shape index (κ2) is 6.25. The topological polar surface area (TPSA) is 54.7 Å². The minimum absolute atomic E-state index is 0.170. The lowest BCUT2D eigenvalue weighted by Gasteiger charge is -2.31. The first-order chi connectivity index (χ1) is 12.8. The van der Waals surface area contributed by atoms with Gasteiger partial charge in [0.2, 0.25) is 5.88 Å². The number of piperidine rings is 1. The molecule has 0 amide bonds. The van der Waals surface area contributed by atoms with Crippen molar-refractivity contribution in [3.63, 3.8) is 0 Å². The summed E-state index contributed by atoms with van der Waals surface area (Å²) in [4.78, 5) is 7.05. The molecule has 6 nitrogen and oxygen atoms in total. The average Bonchev–Trinajstić information content (AvgIpc) is 3.07. The van der Waals surface area contributed by atoms with Gasteiger partial charge in [-0.2, -0.15) is 10.1 Å². The van der Waals surface area contributed by atoms with E-state index in [0.29, 0.717) is 22.7 Å². The number of rotatable bonds is 0. The second-order valence-electron chi connectivity index (χ2n) is 6.87. The molecular formula is C19H20FN5O. The van der Waals surface area contributed by atoms with Gasteiger partial charge in [0.25, 0.3) is 0 Å². The molecule has 1 N–H and O–H groups in total. The molecule has 26 heavy (non-hydrogen) atoms. The lowest BCUT2D eigenvalue weighted by Crippen LogP contribution is -2.40. The molecule has 0 aliphatic carbocycles. The predicted octanol–water partition coefficient (Wildman–Crippen LogP) is 2.80. The van der Waals surface area contributed by atoms with Crippen LogP contribution in [0.15, 0.2) is 36.7 Å². The van der Waals surface area contributed by atoms with Gasteiger partial charge in [-0.05, 0) is 31.0 Å². The van der Waals surface area contributed by atoms with Gasteiger partial charge < -0.3 is 15.0 Å². The third-order valence-corrected chi connectivity index (χ3v) is 5.18. The van der Waals surface area contributed by atoms with E-state index in [1.165, 1.54) is 6.07 Å². The van der Waals surface area contributed by atoms with Gasteiger partial charge in [-0.1, -0.05) is 0 Å². The van der Waals surface area contributed by atoms with Gasteiger partial charge in [0.1, 0.15) is 11.9 Å². The molecule has 0 unspecified atom stereocenters. The molecule has 6 bridgehead atoms. The van der Waals surface area contributed by atoms with Crippen molar-refractivity contribution >= 4 is 11.3 Å². The van der Waals surface area contributed by atoms with Crippen molar-refractivity contribution in [2.24, 2.45) is 0 Å². The molecule has 7 heteroatoms. The molecule has 3 aromatic rings. The normalized spacial score (nSPS) is 22.5. The number of ether oxygens (including phenoxy) is 1. The maximum atomic E-state index is 14.5. The fourth-order valence-electron chi connectivity index (χ4n) is 3.73. The monoisotopic (exact) mass is 353 g/mol. The number of hydrogen-bond donors (Lipinski definition) is 1. The number of benzene rings is 1.